The van der Waals surface area contributed by atoms with Crippen molar-refractivity contribution in [3.8, 4) is 5.75 Å². The first-order valence-corrected chi connectivity index (χ1v) is 9.75. The zero-order chi connectivity index (χ0) is 21.0. The Balaban J connectivity index is 1.61. The molecule has 152 valence electrons. The zero-order valence-electron chi connectivity index (χ0n) is 16.6. The van der Waals surface area contributed by atoms with Gasteiger partial charge < -0.3 is 14.5 Å². The van der Waals surface area contributed by atoms with E-state index in [9.17, 15) is 9.18 Å². The van der Waals surface area contributed by atoms with Crippen LogP contribution in [0, 0.1) is 12.7 Å². The predicted octanol–water partition coefficient (Wildman–Crippen LogP) is 6.01. The first-order valence-electron chi connectivity index (χ1n) is 9.37. The minimum Gasteiger partial charge on any atom is -0.485 e. The van der Waals surface area contributed by atoms with E-state index in [1.54, 1.807) is 24.3 Å². The van der Waals surface area contributed by atoms with Gasteiger partial charge >= 0.3 is 0 Å². The van der Waals surface area contributed by atoms with Gasteiger partial charge in [-0.1, -0.05) is 37.6 Å². The Kier molecular flexibility index (Phi) is 6.60. The summed E-state index contributed by atoms with van der Waals surface area (Å²) >= 11 is 6.23. The van der Waals surface area contributed by atoms with Gasteiger partial charge in [-0.15, -0.1) is 0 Å². The van der Waals surface area contributed by atoms with Crippen LogP contribution >= 0.6 is 11.6 Å². The number of hydrogen-bond acceptors (Lipinski definition) is 3. The third-order valence-electron chi connectivity index (χ3n) is 4.53. The number of ether oxygens (including phenoxy) is 1. The van der Waals surface area contributed by atoms with Crippen LogP contribution in [0.25, 0.3) is 0 Å². The molecule has 3 aromatic rings. The van der Waals surface area contributed by atoms with E-state index in [2.05, 4.69) is 19.2 Å². The SMILES string of the molecule is Cc1cc(OCc2ccc(C(=O)NCc3ccc(F)cc3)o2)c(C(C)C)cc1Cl. The van der Waals surface area contributed by atoms with E-state index in [4.69, 9.17) is 20.8 Å². The van der Waals surface area contributed by atoms with Crippen LogP contribution in [0.15, 0.2) is 52.9 Å². The second-order valence-corrected chi connectivity index (χ2v) is 7.56. The highest BCUT2D eigenvalue weighted by atomic mass is 35.5. The molecule has 1 N–H and O–H groups in total. The van der Waals surface area contributed by atoms with Gasteiger partial charge in [0.05, 0.1) is 0 Å². The standard InChI is InChI=1S/C23H23ClFNO3/c1-14(2)19-11-20(24)15(3)10-22(19)28-13-18-8-9-21(29-18)23(27)26-12-16-4-6-17(25)7-5-16/h4-11,14H,12-13H2,1-3H3,(H,26,27). The lowest BCUT2D eigenvalue weighted by molar-refractivity contribution is 0.0919. The van der Waals surface area contributed by atoms with Gasteiger partial charge in [0.25, 0.3) is 5.91 Å². The molecule has 29 heavy (non-hydrogen) atoms. The van der Waals surface area contributed by atoms with Crippen molar-refractivity contribution in [3.05, 3.63) is 87.6 Å². The third kappa shape index (κ3) is 5.39. The van der Waals surface area contributed by atoms with Crippen molar-refractivity contribution < 1.29 is 18.3 Å². The fraction of sp³-hybridized carbons (Fsp3) is 0.261. The van der Waals surface area contributed by atoms with E-state index in [0.29, 0.717) is 10.8 Å². The number of benzene rings is 2. The van der Waals surface area contributed by atoms with E-state index < -0.39 is 0 Å². The van der Waals surface area contributed by atoms with Gasteiger partial charge in [-0.2, -0.15) is 0 Å². The molecule has 0 aliphatic carbocycles. The van der Waals surface area contributed by atoms with Crippen LogP contribution in [0.3, 0.4) is 0 Å². The minimum absolute atomic E-state index is 0.196. The van der Waals surface area contributed by atoms with Crippen LogP contribution in [0.5, 0.6) is 5.75 Å². The molecule has 4 nitrogen and oxygen atoms in total. The molecular weight excluding hydrogens is 393 g/mol. The molecule has 0 fully saturated rings. The number of carbonyl (C=O) groups excluding carboxylic acids is 1. The fourth-order valence-corrected chi connectivity index (χ4v) is 3.02. The van der Waals surface area contributed by atoms with Crippen molar-refractivity contribution in [3.63, 3.8) is 0 Å². The predicted molar refractivity (Wildman–Crippen MR) is 111 cm³/mol. The summed E-state index contributed by atoms with van der Waals surface area (Å²) in [6, 6.07) is 13.1. The Morgan fingerprint density at radius 1 is 1.17 bits per heavy atom. The van der Waals surface area contributed by atoms with E-state index in [1.165, 1.54) is 12.1 Å². The number of furan rings is 1. The van der Waals surface area contributed by atoms with Gasteiger partial charge in [0, 0.05) is 11.6 Å². The molecule has 0 radical (unpaired) electrons. The van der Waals surface area contributed by atoms with Crippen molar-refractivity contribution in [2.75, 3.05) is 0 Å². The summed E-state index contributed by atoms with van der Waals surface area (Å²) in [5.74, 6) is 1.09. The normalized spacial score (nSPS) is 11.0. The number of hydrogen-bond donors (Lipinski definition) is 1. The summed E-state index contributed by atoms with van der Waals surface area (Å²) < 4.78 is 24.5. The lowest BCUT2D eigenvalue weighted by Crippen LogP contribution is -2.22. The average Bonchev–Trinajstić information content (AvgIpc) is 3.17. The van der Waals surface area contributed by atoms with Gasteiger partial charge in [-0.3, -0.25) is 4.79 Å². The van der Waals surface area contributed by atoms with Crippen molar-refractivity contribution in [2.24, 2.45) is 0 Å². The van der Waals surface area contributed by atoms with Crippen LogP contribution < -0.4 is 10.1 Å². The van der Waals surface area contributed by atoms with Crippen LogP contribution in [-0.2, 0) is 13.2 Å². The quantitative estimate of drug-likeness (QED) is 0.513. The van der Waals surface area contributed by atoms with Gasteiger partial charge in [-0.25, -0.2) is 4.39 Å². The second-order valence-electron chi connectivity index (χ2n) is 7.16. The highest BCUT2D eigenvalue weighted by Crippen LogP contribution is 2.32. The van der Waals surface area contributed by atoms with Gasteiger partial charge in [0.15, 0.2) is 5.76 Å². The molecule has 1 aromatic heterocycles. The summed E-state index contributed by atoms with van der Waals surface area (Å²) in [5.41, 5.74) is 2.75. The zero-order valence-corrected chi connectivity index (χ0v) is 17.3. The summed E-state index contributed by atoms with van der Waals surface area (Å²) in [4.78, 5) is 12.3. The molecule has 0 unspecified atom stereocenters. The Morgan fingerprint density at radius 2 is 1.90 bits per heavy atom. The third-order valence-corrected chi connectivity index (χ3v) is 4.94. The van der Waals surface area contributed by atoms with E-state index in [1.807, 2.05) is 19.1 Å². The van der Waals surface area contributed by atoms with Crippen LogP contribution in [0.4, 0.5) is 4.39 Å². The number of carbonyl (C=O) groups is 1. The highest BCUT2D eigenvalue weighted by Gasteiger charge is 2.14. The first-order chi connectivity index (χ1) is 13.8. The molecule has 2 aromatic carbocycles. The molecule has 0 aliphatic heterocycles. The van der Waals surface area contributed by atoms with Crippen LogP contribution in [0.1, 0.15) is 52.8 Å². The number of aryl methyl sites for hydroxylation is 1. The van der Waals surface area contributed by atoms with Crippen molar-refractivity contribution in [1.29, 1.82) is 0 Å². The van der Waals surface area contributed by atoms with Crippen molar-refractivity contribution >= 4 is 17.5 Å². The Labute approximate surface area is 174 Å². The fourth-order valence-electron chi connectivity index (χ4n) is 2.84. The molecule has 3 rings (SSSR count). The molecular formula is C23H23ClFNO3. The summed E-state index contributed by atoms with van der Waals surface area (Å²) in [6.45, 7) is 6.56. The maximum Gasteiger partial charge on any atom is 0.287 e. The maximum absolute atomic E-state index is 12.9. The van der Waals surface area contributed by atoms with Gasteiger partial charge in [-0.05, 0) is 65.9 Å². The lowest BCUT2D eigenvalue weighted by Gasteiger charge is -2.15. The Hall–Kier alpha value is -2.79. The Bertz CT molecular complexity index is 996. The maximum atomic E-state index is 12.9. The first kappa shape index (κ1) is 20.9. The topological polar surface area (TPSA) is 51.5 Å². The molecule has 0 spiro atoms. The van der Waals surface area contributed by atoms with Crippen molar-refractivity contribution in [2.45, 2.75) is 39.8 Å². The van der Waals surface area contributed by atoms with E-state index in [-0.39, 0.29) is 36.6 Å². The molecule has 0 saturated heterocycles. The molecule has 1 amide bonds. The molecule has 0 saturated carbocycles. The average molecular weight is 416 g/mol. The van der Waals surface area contributed by atoms with Gasteiger partial charge in [0.1, 0.15) is 23.9 Å². The summed E-state index contributed by atoms with van der Waals surface area (Å²) in [6.07, 6.45) is 0. The van der Waals surface area contributed by atoms with E-state index >= 15 is 0 Å². The van der Waals surface area contributed by atoms with Crippen LogP contribution in [-0.4, -0.2) is 5.91 Å². The smallest absolute Gasteiger partial charge is 0.287 e. The molecule has 0 bridgehead atoms. The summed E-state index contributed by atoms with van der Waals surface area (Å²) in [7, 11) is 0. The number of amides is 1. The molecule has 1 heterocycles. The number of rotatable bonds is 7. The minimum atomic E-state index is -0.342. The molecule has 0 atom stereocenters. The molecule has 6 heteroatoms. The second kappa shape index (κ2) is 9.14. The van der Waals surface area contributed by atoms with Crippen LogP contribution in [0.2, 0.25) is 5.02 Å². The van der Waals surface area contributed by atoms with Gasteiger partial charge in [0.2, 0.25) is 0 Å². The monoisotopic (exact) mass is 415 g/mol. The van der Waals surface area contributed by atoms with E-state index in [0.717, 1.165) is 22.4 Å². The number of nitrogens with one attached hydrogen (secondary N) is 1. The Morgan fingerprint density at radius 3 is 2.59 bits per heavy atom. The lowest BCUT2D eigenvalue weighted by atomic mass is 10.0. The highest BCUT2D eigenvalue weighted by molar-refractivity contribution is 6.31. The van der Waals surface area contributed by atoms with Crippen molar-refractivity contribution in [1.82, 2.24) is 5.32 Å². The largest absolute Gasteiger partial charge is 0.485 e. The number of halogens is 2. The molecule has 0 aliphatic rings. The summed E-state index contributed by atoms with van der Waals surface area (Å²) in [5, 5.41) is 3.46.